The Hall–Kier alpha value is -2.36. The highest BCUT2D eigenvalue weighted by Crippen LogP contribution is 2.35. The third kappa shape index (κ3) is 5.42. The number of aromatic nitrogens is 1. The summed E-state index contributed by atoms with van der Waals surface area (Å²) < 4.78 is 65.5. The van der Waals surface area contributed by atoms with Crippen LogP contribution >= 0.6 is 11.6 Å². The molecule has 0 saturated carbocycles. The molecule has 10 heteroatoms. The Balaban J connectivity index is 1.47. The number of alkyl halides is 3. The predicted octanol–water partition coefficient (Wildman–Crippen LogP) is 4.81. The van der Waals surface area contributed by atoms with Crippen molar-refractivity contribution in [2.45, 2.75) is 18.0 Å². The number of piperazine rings is 1. The zero-order valence-corrected chi connectivity index (χ0v) is 19.5. The highest BCUT2D eigenvalue weighted by molar-refractivity contribution is 7.91. The molecular weight excluding hydrogens is 475 g/mol. The molecule has 4 rings (SSSR count). The van der Waals surface area contributed by atoms with Gasteiger partial charge in [0, 0.05) is 48.8 Å². The fourth-order valence-corrected chi connectivity index (χ4v) is 5.36. The van der Waals surface area contributed by atoms with Gasteiger partial charge in [-0.05, 0) is 49.4 Å². The van der Waals surface area contributed by atoms with Gasteiger partial charge in [-0.25, -0.2) is 13.4 Å². The van der Waals surface area contributed by atoms with Crippen molar-refractivity contribution in [2.24, 2.45) is 0 Å². The maximum atomic E-state index is 13.4. The van der Waals surface area contributed by atoms with E-state index in [1.165, 1.54) is 12.1 Å². The van der Waals surface area contributed by atoms with Crippen LogP contribution in [-0.2, 0) is 16.0 Å². The highest BCUT2D eigenvalue weighted by Gasteiger charge is 2.34. The molecule has 176 valence electrons. The number of nitrogens with zero attached hydrogens (tertiary/aromatic N) is 3. The van der Waals surface area contributed by atoms with Gasteiger partial charge in [0.15, 0.2) is 9.84 Å². The average molecular weight is 498 g/mol. The van der Waals surface area contributed by atoms with Crippen molar-refractivity contribution in [3.8, 4) is 0 Å². The first kappa shape index (κ1) is 23.8. The molecule has 0 radical (unpaired) electrons. The highest BCUT2D eigenvalue weighted by atomic mass is 35.5. The summed E-state index contributed by atoms with van der Waals surface area (Å²) >= 11 is 5.83. The van der Waals surface area contributed by atoms with Crippen molar-refractivity contribution in [1.82, 2.24) is 9.88 Å². The third-order valence-corrected chi connectivity index (χ3v) is 7.76. The first-order chi connectivity index (χ1) is 15.5. The van der Waals surface area contributed by atoms with Crippen LogP contribution in [0.1, 0.15) is 11.3 Å². The zero-order valence-electron chi connectivity index (χ0n) is 17.9. The third-order valence-electron chi connectivity index (χ3n) is 5.79. The van der Waals surface area contributed by atoms with Gasteiger partial charge in [0.05, 0.1) is 16.2 Å². The Morgan fingerprint density at radius 1 is 1.00 bits per heavy atom. The Bertz CT molecular complexity index is 1260. The summed E-state index contributed by atoms with van der Waals surface area (Å²) in [5.74, 6) is -0.0375. The summed E-state index contributed by atoms with van der Waals surface area (Å²) in [6.45, 7) is 4.32. The Labute approximate surface area is 195 Å². The molecule has 0 atom stereocenters. The molecule has 3 aromatic rings. The van der Waals surface area contributed by atoms with Crippen LogP contribution in [0.5, 0.6) is 0 Å². The molecule has 0 aliphatic carbocycles. The number of benzene rings is 2. The molecule has 0 bridgehead atoms. The molecule has 1 aliphatic heterocycles. The summed E-state index contributed by atoms with van der Waals surface area (Å²) in [7, 11) is -3.44. The lowest BCUT2D eigenvalue weighted by atomic mass is 10.1. The van der Waals surface area contributed by atoms with Gasteiger partial charge in [-0.1, -0.05) is 23.2 Å². The number of halogens is 4. The Kier molecular flexibility index (Phi) is 6.57. The van der Waals surface area contributed by atoms with E-state index in [0.29, 0.717) is 54.3 Å². The fraction of sp³-hybridized carbons (Fsp3) is 0.348. The van der Waals surface area contributed by atoms with Crippen molar-refractivity contribution in [3.63, 3.8) is 0 Å². The molecular formula is C23H23ClF3N3O2S. The van der Waals surface area contributed by atoms with E-state index in [4.69, 9.17) is 11.6 Å². The maximum Gasteiger partial charge on any atom is 0.433 e. The lowest BCUT2D eigenvalue weighted by molar-refractivity contribution is -0.140. The number of anilines is 1. The van der Waals surface area contributed by atoms with Gasteiger partial charge >= 0.3 is 6.18 Å². The van der Waals surface area contributed by atoms with Crippen LogP contribution in [0.3, 0.4) is 0 Å². The van der Waals surface area contributed by atoms with E-state index in [9.17, 15) is 21.6 Å². The van der Waals surface area contributed by atoms with Crippen molar-refractivity contribution in [2.75, 3.05) is 43.4 Å². The van der Waals surface area contributed by atoms with Crippen LogP contribution in [0.4, 0.5) is 18.9 Å². The standard InChI is InChI=1S/C23H23ClF3N3O2S/c1-16-2-7-20-19(14-16)21(15-22(28-20)23(25,26)27)30-10-8-29(9-11-30)12-13-33(31,32)18-5-3-17(24)4-6-18/h2-7,14-15H,8-13H2,1H3. The number of pyridine rings is 1. The quantitative estimate of drug-likeness (QED) is 0.506. The van der Waals surface area contributed by atoms with Crippen LogP contribution < -0.4 is 4.90 Å². The first-order valence-electron chi connectivity index (χ1n) is 10.5. The van der Waals surface area contributed by atoms with Crippen LogP contribution in [0.2, 0.25) is 5.02 Å². The summed E-state index contributed by atoms with van der Waals surface area (Å²) in [5, 5.41) is 1.15. The summed E-state index contributed by atoms with van der Waals surface area (Å²) in [4.78, 5) is 7.97. The van der Waals surface area contributed by atoms with E-state index in [1.54, 1.807) is 24.3 Å². The maximum absolute atomic E-state index is 13.4. The number of fused-ring (bicyclic) bond motifs is 1. The lowest BCUT2D eigenvalue weighted by Gasteiger charge is -2.36. The topological polar surface area (TPSA) is 53.5 Å². The van der Waals surface area contributed by atoms with Crippen molar-refractivity contribution < 1.29 is 21.6 Å². The second-order valence-corrected chi connectivity index (χ2v) is 10.7. The van der Waals surface area contributed by atoms with Crippen molar-refractivity contribution >= 4 is 38.0 Å². The number of hydrogen-bond acceptors (Lipinski definition) is 5. The van der Waals surface area contributed by atoms with Gasteiger partial charge < -0.3 is 4.90 Å². The number of sulfone groups is 1. The van der Waals surface area contributed by atoms with Gasteiger partial charge in [0.25, 0.3) is 0 Å². The zero-order chi connectivity index (χ0) is 23.8. The summed E-state index contributed by atoms with van der Waals surface area (Å²) in [6, 6.07) is 12.4. The molecule has 2 heterocycles. The average Bonchev–Trinajstić information content (AvgIpc) is 2.77. The van der Waals surface area contributed by atoms with E-state index < -0.39 is 21.7 Å². The summed E-state index contributed by atoms with van der Waals surface area (Å²) in [6.07, 6.45) is -4.54. The lowest BCUT2D eigenvalue weighted by Crippen LogP contribution is -2.47. The van der Waals surface area contributed by atoms with E-state index >= 15 is 0 Å². The van der Waals surface area contributed by atoms with E-state index in [0.717, 1.165) is 11.6 Å². The van der Waals surface area contributed by atoms with E-state index in [2.05, 4.69) is 4.98 Å². The molecule has 1 fully saturated rings. The molecule has 33 heavy (non-hydrogen) atoms. The minimum absolute atomic E-state index is 0.0375. The van der Waals surface area contributed by atoms with Gasteiger partial charge in [-0.2, -0.15) is 13.2 Å². The number of rotatable bonds is 5. The van der Waals surface area contributed by atoms with E-state index in [1.807, 2.05) is 22.8 Å². The van der Waals surface area contributed by atoms with Crippen LogP contribution in [0.15, 0.2) is 53.4 Å². The number of hydrogen-bond donors (Lipinski definition) is 0. The molecule has 0 N–H and O–H groups in total. The van der Waals surface area contributed by atoms with Gasteiger partial charge in [0.2, 0.25) is 0 Å². The molecule has 0 spiro atoms. The Morgan fingerprint density at radius 3 is 2.30 bits per heavy atom. The smallest absolute Gasteiger partial charge is 0.368 e. The largest absolute Gasteiger partial charge is 0.433 e. The fourth-order valence-electron chi connectivity index (χ4n) is 3.95. The Morgan fingerprint density at radius 2 is 1.67 bits per heavy atom. The molecule has 1 saturated heterocycles. The molecule has 0 amide bonds. The molecule has 0 unspecified atom stereocenters. The molecule has 1 aromatic heterocycles. The first-order valence-corrected chi connectivity index (χ1v) is 12.5. The van der Waals surface area contributed by atoms with Crippen molar-refractivity contribution in [1.29, 1.82) is 0 Å². The monoisotopic (exact) mass is 497 g/mol. The summed E-state index contributed by atoms with van der Waals surface area (Å²) in [5.41, 5.74) is 0.841. The van der Waals surface area contributed by atoms with Crippen molar-refractivity contribution in [3.05, 3.63) is 64.8 Å². The van der Waals surface area contributed by atoms with Gasteiger partial charge in [-0.15, -0.1) is 0 Å². The normalized spacial score (nSPS) is 15.8. The van der Waals surface area contributed by atoms with E-state index in [-0.39, 0.29) is 10.6 Å². The second-order valence-electron chi connectivity index (χ2n) is 8.15. The minimum atomic E-state index is -4.54. The number of aryl methyl sites for hydroxylation is 1. The van der Waals surface area contributed by atoms with Crippen LogP contribution in [-0.4, -0.2) is 56.8 Å². The second kappa shape index (κ2) is 9.12. The van der Waals surface area contributed by atoms with Crippen LogP contribution in [0.25, 0.3) is 10.9 Å². The minimum Gasteiger partial charge on any atom is -0.368 e. The van der Waals surface area contributed by atoms with Gasteiger partial charge in [-0.3, -0.25) is 4.90 Å². The molecule has 1 aliphatic rings. The van der Waals surface area contributed by atoms with Gasteiger partial charge in [0.1, 0.15) is 5.69 Å². The molecule has 5 nitrogen and oxygen atoms in total. The molecule has 2 aromatic carbocycles. The predicted molar refractivity (Wildman–Crippen MR) is 124 cm³/mol. The SMILES string of the molecule is Cc1ccc2nc(C(F)(F)F)cc(N3CCN(CCS(=O)(=O)c4ccc(Cl)cc4)CC3)c2c1. The van der Waals surface area contributed by atoms with Crippen LogP contribution in [0, 0.1) is 6.92 Å².